The quantitative estimate of drug-likeness (QED) is 0.582. The smallest absolute Gasteiger partial charge is 0.282 e. The highest BCUT2D eigenvalue weighted by atomic mass is 35.5. The number of hydrogen-bond donors (Lipinski definition) is 2. The number of H-pyrrole nitrogens is 1. The summed E-state index contributed by atoms with van der Waals surface area (Å²) in [7, 11) is 0. The number of nitro benzene ring substituents is 1. The maximum absolute atomic E-state index is 12.6. The van der Waals surface area contributed by atoms with Crippen molar-refractivity contribution in [3.63, 3.8) is 0 Å². The van der Waals surface area contributed by atoms with E-state index in [2.05, 4.69) is 15.2 Å². The zero-order valence-electron chi connectivity index (χ0n) is 14.9. The third-order valence-corrected chi connectivity index (χ3v) is 5.18. The first-order valence-electron chi connectivity index (χ1n) is 8.77. The van der Waals surface area contributed by atoms with Gasteiger partial charge in [0.05, 0.1) is 21.8 Å². The molecule has 1 aromatic heterocycles. The first kappa shape index (κ1) is 19.1. The first-order chi connectivity index (χ1) is 13.0. The lowest BCUT2D eigenvalue weighted by Crippen LogP contribution is -3.19. The third kappa shape index (κ3) is 4.53. The molecule has 142 valence electrons. The van der Waals surface area contributed by atoms with E-state index in [1.807, 2.05) is 31.3 Å². The van der Waals surface area contributed by atoms with Crippen molar-refractivity contribution in [2.24, 2.45) is 0 Å². The Morgan fingerprint density at radius 2 is 2.07 bits per heavy atom. The summed E-state index contributed by atoms with van der Waals surface area (Å²) in [6, 6.07) is 9.76. The molecule has 3 N–H and O–H groups in total. The first-order valence-corrected chi connectivity index (χ1v) is 9.14. The van der Waals surface area contributed by atoms with Crippen LogP contribution in [0.15, 0.2) is 42.6 Å². The molecule has 0 aliphatic carbocycles. The number of halogens is 1. The van der Waals surface area contributed by atoms with Crippen molar-refractivity contribution < 1.29 is 19.6 Å². The number of anilines is 2. The van der Waals surface area contributed by atoms with Gasteiger partial charge >= 0.3 is 0 Å². The Kier molecular flexibility index (Phi) is 5.88. The molecule has 0 bridgehead atoms. The monoisotopic (exact) mass is 391 g/mol. The molecule has 8 nitrogen and oxygen atoms in total. The Morgan fingerprint density at radius 1 is 1.33 bits per heavy atom. The van der Waals surface area contributed by atoms with Gasteiger partial charge in [0.15, 0.2) is 6.04 Å². The van der Waals surface area contributed by atoms with Crippen molar-refractivity contribution in [1.29, 1.82) is 0 Å². The average molecular weight is 392 g/mol. The number of amides is 1. The molecule has 1 aliphatic rings. The van der Waals surface area contributed by atoms with Crippen LogP contribution in [0.5, 0.6) is 0 Å². The van der Waals surface area contributed by atoms with Gasteiger partial charge in [0.1, 0.15) is 26.2 Å². The summed E-state index contributed by atoms with van der Waals surface area (Å²) in [4.78, 5) is 29.5. The summed E-state index contributed by atoms with van der Waals surface area (Å²) in [5.41, 5.74) is 0.279. The van der Waals surface area contributed by atoms with Crippen LogP contribution in [0.25, 0.3) is 0 Å². The third-order valence-electron chi connectivity index (χ3n) is 4.87. The number of nitrogens with zero attached hydrogens (tertiary/aromatic N) is 2. The van der Waals surface area contributed by atoms with Gasteiger partial charge in [-0.05, 0) is 19.1 Å². The van der Waals surface area contributed by atoms with E-state index in [0.29, 0.717) is 5.69 Å². The zero-order chi connectivity index (χ0) is 19.4. The van der Waals surface area contributed by atoms with Crippen LogP contribution in [-0.2, 0) is 4.79 Å². The Bertz CT molecular complexity index is 825. The maximum Gasteiger partial charge on any atom is 0.282 e. The summed E-state index contributed by atoms with van der Waals surface area (Å²) in [5, 5.41) is 13.7. The summed E-state index contributed by atoms with van der Waals surface area (Å²) in [5.74, 6) is 0.923. The second-order valence-corrected chi connectivity index (χ2v) is 6.93. The number of piperazine rings is 1. The molecule has 1 aromatic carbocycles. The van der Waals surface area contributed by atoms with Gasteiger partial charge < -0.3 is 10.2 Å². The Hall–Kier alpha value is -2.71. The predicted molar refractivity (Wildman–Crippen MR) is 102 cm³/mol. The number of pyridine rings is 1. The van der Waals surface area contributed by atoms with Crippen molar-refractivity contribution in [3.05, 3.63) is 57.7 Å². The van der Waals surface area contributed by atoms with E-state index < -0.39 is 4.92 Å². The highest BCUT2D eigenvalue weighted by molar-refractivity contribution is 6.34. The van der Waals surface area contributed by atoms with Gasteiger partial charge in [-0.2, -0.15) is 0 Å². The summed E-state index contributed by atoms with van der Waals surface area (Å²) in [6.45, 7) is 5.27. The molecule has 1 atom stereocenters. The van der Waals surface area contributed by atoms with Crippen molar-refractivity contribution in [3.8, 4) is 0 Å². The number of nitrogens with one attached hydrogen (secondary N) is 3. The number of benzene rings is 1. The van der Waals surface area contributed by atoms with Crippen LogP contribution in [-0.4, -0.2) is 43.1 Å². The molecule has 9 heteroatoms. The lowest BCUT2D eigenvalue weighted by molar-refractivity contribution is -0.914. The minimum atomic E-state index is -0.520. The van der Waals surface area contributed by atoms with E-state index in [1.54, 1.807) is 0 Å². The lowest BCUT2D eigenvalue weighted by Gasteiger charge is -2.31. The van der Waals surface area contributed by atoms with Gasteiger partial charge in [-0.25, -0.2) is 4.98 Å². The van der Waals surface area contributed by atoms with Crippen LogP contribution in [0, 0.1) is 10.1 Å². The Morgan fingerprint density at radius 3 is 2.67 bits per heavy atom. The highest BCUT2D eigenvalue weighted by Crippen LogP contribution is 2.26. The number of hydrogen-bond acceptors (Lipinski definition) is 4. The molecule has 27 heavy (non-hydrogen) atoms. The molecule has 1 aliphatic heterocycles. The van der Waals surface area contributed by atoms with Crippen molar-refractivity contribution in [2.75, 3.05) is 36.4 Å². The fourth-order valence-corrected chi connectivity index (χ4v) is 3.42. The molecule has 0 spiro atoms. The molecular weight excluding hydrogens is 370 g/mol. The molecule has 1 amide bonds. The van der Waals surface area contributed by atoms with Gasteiger partial charge in [0.2, 0.25) is 0 Å². The van der Waals surface area contributed by atoms with E-state index in [0.717, 1.165) is 32.0 Å². The van der Waals surface area contributed by atoms with Crippen molar-refractivity contribution in [2.45, 2.75) is 13.0 Å². The number of nitro groups is 1. The van der Waals surface area contributed by atoms with E-state index in [4.69, 9.17) is 11.6 Å². The van der Waals surface area contributed by atoms with Gasteiger partial charge in [0.25, 0.3) is 17.4 Å². The second kappa shape index (κ2) is 8.32. The largest absolute Gasteiger partial charge is 0.320 e. The van der Waals surface area contributed by atoms with Crippen LogP contribution in [0.4, 0.5) is 17.2 Å². The summed E-state index contributed by atoms with van der Waals surface area (Å²) >= 11 is 6.06. The molecule has 1 fully saturated rings. The molecule has 0 saturated carbocycles. The van der Waals surface area contributed by atoms with Gasteiger partial charge in [-0.15, -0.1) is 0 Å². The van der Waals surface area contributed by atoms with E-state index in [9.17, 15) is 14.9 Å². The number of carbonyl (C=O) groups excluding carboxylic acids is 1. The highest BCUT2D eigenvalue weighted by Gasteiger charge is 2.32. The number of rotatable bonds is 5. The summed E-state index contributed by atoms with van der Waals surface area (Å²) in [6.07, 6.45) is 1.90. The van der Waals surface area contributed by atoms with Crippen molar-refractivity contribution >= 4 is 34.7 Å². The molecule has 3 rings (SSSR count). The topological polar surface area (TPSA) is 94.1 Å². The number of carbonyl (C=O) groups is 1. The number of aromatic amines is 1. The molecular formula is C18H22ClN5O3+2. The second-order valence-electron chi connectivity index (χ2n) is 6.53. The lowest BCUT2D eigenvalue weighted by atomic mass is 10.2. The fourth-order valence-electron chi connectivity index (χ4n) is 3.19. The normalized spacial score (nSPS) is 16.0. The molecule has 2 aromatic rings. The van der Waals surface area contributed by atoms with Gasteiger partial charge in [-0.3, -0.25) is 19.8 Å². The van der Waals surface area contributed by atoms with E-state index in [-0.39, 0.29) is 22.7 Å². The van der Waals surface area contributed by atoms with Gasteiger partial charge in [-0.1, -0.05) is 17.7 Å². The molecule has 1 saturated heterocycles. The maximum atomic E-state index is 12.6. The van der Waals surface area contributed by atoms with E-state index >= 15 is 0 Å². The predicted octanol–water partition coefficient (Wildman–Crippen LogP) is 0.794. The standard InChI is InChI=1S/C18H20ClN5O3/c1-13(18(25)21-16-6-5-14(24(26)27)12-15(16)19)22-8-10-23(11-9-22)17-4-2-3-7-20-17/h2-7,12-13H,8-11H2,1H3,(H,21,25)/p+2/t13-/m0/s1. The Labute approximate surface area is 161 Å². The van der Waals surface area contributed by atoms with Crippen LogP contribution >= 0.6 is 11.6 Å². The SMILES string of the molecule is C[C@@H](C(=O)Nc1ccc([N+](=O)[O-])cc1Cl)[NH+]1CCN(c2cccc[nH+]2)CC1. The fraction of sp³-hybridized carbons (Fsp3) is 0.333. The molecule has 2 heterocycles. The molecule has 0 radical (unpaired) electrons. The number of quaternary nitrogens is 1. The van der Waals surface area contributed by atoms with Gasteiger partial charge in [0, 0.05) is 18.2 Å². The Balaban J connectivity index is 1.57. The minimum absolute atomic E-state index is 0.106. The number of non-ortho nitro benzene ring substituents is 1. The number of aromatic nitrogens is 1. The minimum Gasteiger partial charge on any atom is -0.320 e. The van der Waals surface area contributed by atoms with Crippen LogP contribution in [0.2, 0.25) is 5.02 Å². The zero-order valence-corrected chi connectivity index (χ0v) is 15.7. The average Bonchev–Trinajstić information content (AvgIpc) is 2.69. The summed E-state index contributed by atoms with van der Waals surface area (Å²) < 4.78 is 0. The van der Waals surface area contributed by atoms with Crippen molar-refractivity contribution in [1.82, 2.24) is 0 Å². The van der Waals surface area contributed by atoms with Crippen LogP contribution in [0.3, 0.4) is 0 Å². The van der Waals surface area contributed by atoms with Crippen LogP contribution < -0.4 is 20.1 Å². The molecule has 0 unspecified atom stereocenters. The van der Waals surface area contributed by atoms with Crippen LogP contribution in [0.1, 0.15) is 6.92 Å². The van der Waals surface area contributed by atoms with E-state index in [1.165, 1.54) is 23.1 Å².